The molecule has 0 aromatic carbocycles. The number of aromatic nitrogens is 2. The van der Waals surface area contributed by atoms with Gasteiger partial charge in [-0.15, -0.1) is 0 Å². The van der Waals surface area contributed by atoms with Gasteiger partial charge in [-0.2, -0.15) is 0 Å². The summed E-state index contributed by atoms with van der Waals surface area (Å²) in [6.07, 6.45) is 6.00. The number of aliphatic hydroxyl groups is 1. The highest BCUT2D eigenvalue weighted by molar-refractivity contribution is 4.96. The standard InChI is InChI=1S/C9H14N2O2/c12-6-8-4-10-7-11(8)5-9-2-1-3-13-9/h4,7,9,12H,1-3,5-6H2/t9-/m1/s1. The first-order chi connectivity index (χ1) is 6.40. The summed E-state index contributed by atoms with van der Waals surface area (Å²) in [5, 5.41) is 8.98. The molecule has 0 aliphatic carbocycles. The molecule has 1 fully saturated rings. The number of hydrogen-bond donors (Lipinski definition) is 1. The largest absolute Gasteiger partial charge is 0.390 e. The van der Waals surface area contributed by atoms with E-state index >= 15 is 0 Å². The van der Waals surface area contributed by atoms with Gasteiger partial charge in [-0.05, 0) is 12.8 Å². The van der Waals surface area contributed by atoms with Crippen LogP contribution in [0.5, 0.6) is 0 Å². The van der Waals surface area contributed by atoms with Gasteiger partial charge >= 0.3 is 0 Å². The minimum atomic E-state index is 0.0483. The fourth-order valence-electron chi connectivity index (χ4n) is 1.65. The van der Waals surface area contributed by atoms with E-state index in [1.54, 1.807) is 12.5 Å². The van der Waals surface area contributed by atoms with E-state index in [0.29, 0.717) is 6.10 Å². The normalized spacial score (nSPS) is 22.4. The molecule has 13 heavy (non-hydrogen) atoms. The molecule has 2 heterocycles. The smallest absolute Gasteiger partial charge is 0.0949 e. The molecular weight excluding hydrogens is 168 g/mol. The van der Waals surface area contributed by atoms with Gasteiger partial charge in [-0.25, -0.2) is 4.98 Å². The van der Waals surface area contributed by atoms with E-state index in [1.807, 2.05) is 4.57 Å². The Morgan fingerprint density at radius 2 is 2.62 bits per heavy atom. The van der Waals surface area contributed by atoms with E-state index < -0.39 is 0 Å². The lowest BCUT2D eigenvalue weighted by Gasteiger charge is -2.11. The van der Waals surface area contributed by atoms with Crippen LogP contribution in [-0.4, -0.2) is 27.4 Å². The highest BCUT2D eigenvalue weighted by Crippen LogP contribution is 2.14. The molecule has 1 aliphatic rings. The molecule has 2 rings (SSSR count). The van der Waals surface area contributed by atoms with Gasteiger partial charge in [0.05, 0.1) is 37.5 Å². The molecule has 1 atom stereocenters. The molecule has 0 radical (unpaired) electrons. The average molecular weight is 182 g/mol. The van der Waals surface area contributed by atoms with Crippen molar-refractivity contribution in [3.05, 3.63) is 18.2 Å². The quantitative estimate of drug-likeness (QED) is 0.742. The van der Waals surface area contributed by atoms with E-state index in [9.17, 15) is 0 Å². The predicted octanol–water partition coefficient (Wildman–Crippen LogP) is 0.554. The summed E-state index contributed by atoms with van der Waals surface area (Å²) in [6, 6.07) is 0. The number of aliphatic hydroxyl groups excluding tert-OH is 1. The van der Waals surface area contributed by atoms with Crippen molar-refractivity contribution in [3.8, 4) is 0 Å². The summed E-state index contributed by atoms with van der Waals surface area (Å²) < 4.78 is 7.45. The lowest BCUT2D eigenvalue weighted by Crippen LogP contribution is -2.15. The second-order valence-corrected chi connectivity index (χ2v) is 3.33. The molecule has 1 aromatic heterocycles. The molecule has 4 nitrogen and oxygen atoms in total. The monoisotopic (exact) mass is 182 g/mol. The summed E-state index contributed by atoms with van der Waals surface area (Å²) in [7, 11) is 0. The summed E-state index contributed by atoms with van der Waals surface area (Å²) in [5.41, 5.74) is 0.857. The zero-order valence-corrected chi connectivity index (χ0v) is 7.52. The molecule has 1 N–H and O–H groups in total. The Morgan fingerprint density at radius 3 is 3.31 bits per heavy atom. The lowest BCUT2D eigenvalue weighted by molar-refractivity contribution is 0.0952. The Kier molecular flexibility index (Phi) is 2.61. The van der Waals surface area contributed by atoms with Crippen LogP contribution in [-0.2, 0) is 17.9 Å². The Morgan fingerprint density at radius 1 is 1.69 bits per heavy atom. The van der Waals surface area contributed by atoms with Crippen LogP contribution in [0.25, 0.3) is 0 Å². The maximum atomic E-state index is 8.98. The van der Waals surface area contributed by atoms with Crippen molar-refractivity contribution >= 4 is 0 Å². The van der Waals surface area contributed by atoms with Crippen molar-refractivity contribution < 1.29 is 9.84 Å². The number of ether oxygens (including phenoxy) is 1. The highest BCUT2D eigenvalue weighted by atomic mass is 16.5. The third-order valence-corrected chi connectivity index (χ3v) is 2.38. The molecule has 4 heteroatoms. The van der Waals surface area contributed by atoms with Gasteiger partial charge in [0.15, 0.2) is 0 Å². The van der Waals surface area contributed by atoms with Gasteiger partial charge < -0.3 is 14.4 Å². The van der Waals surface area contributed by atoms with Crippen LogP contribution in [0, 0.1) is 0 Å². The summed E-state index contributed by atoms with van der Waals surface area (Å²) in [4.78, 5) is 3.98. The fourth-order valence-corrected chi connectivity index (χ4v) is 1.65. The Hall–Kier alpha value is -0.870. The second kappa shape index (κ2) is 3.89. The first-order valence-corrected chi connectivity index (χ1v) is 4.61. The van der Waals surface area contributed by atoms with Gasteiger partial charge in [-0.3, -0.25) is 0 Å². The van der Waals surface area contributed by atoms with Gasteiger partial charge in [0, 0.05) is 6.61 Å². The van der Waals surface area contributed by atoms with Gasteiger partial charge in [0.25, 0.3) is 0 Å². The maximum absolute atomic E-state index is 8.98. The first kappa shape index (κ1) is 8.72. The molecule has 0 saturated carbocycles. The minimum Gasteiger partial charge on any atom is -0.390 e. The van der Waals surface area contributed by atoms with Crippen LogP contribution >= 0.6 is 0 Å². The molecule has 1 aromatic rings. The predicted molar refractivity (Wildman–Crippen MR) is 47.1 cm³/mol. The van der Waals surface area contributed by atoms with E-state index in [0.717, 1.165) is 31.7 Å². The summed E-state index contributed by atoms with van der Waals surface area (Å²) >= 11 is 0. The number of imidazole rings is 1. The lowest BCUT2D eigenvalue weighted by atomic mass is 10.2. The van der Waals surface area contributed by atoms with Crippen molar-refractivity contribution in [3.63, 3.8) is 0 Å². The van der Waals surface area contributed by atoms with E-state index in [2.05, 4.69) is 4.98 Å². The SMILES string of the molecule is OCc1cncn1C[C@H]1CCCO1. The third kappa shape index (κ3) is 1.89. The number of hydrogen-bond acceptors (Lipinski definition) is 3. The van der Waals surface area contributed by atoms with Crippen LogP contribution in [0.4, 0.5) is 0 Å². The van der Waals surface area contributed by atoms with Gasteiger partial charge in [0.1, 0.15) is 0 Å². The van der Waals surface area contributed by atoms with E-state index in [4.69, 9.17) is 9.84 Å². The fraction of sp³-hybridized carbons (Fsp3) is 0.667. The molecule has 0 spiro atoms. The van der Waals surface area contributed by atoms with E-state index in [1.165, 1.54) is 0 Å². The molecule has 72 valence electrons. The van der Waals surface area contributed by atoms with Crippen LogP contribution in [0.2, 0.25) is 0 Å². The van der Waals surface area contributed by atoms with Crippen LogP contribution in [0.1, 0.15) is 18.5 Å². The molecule has 1 saturated heterocycles. The summed E-state index contributed by atoms with van der Waals surface area (Å²) in [5.74, 6) is 0. The van der Waals surface area contributed by atoms with Crippen molar-refractivity contribution in [1.29, 1.82) is 0 Å². The Labute approximate surface area is 77.2 Å². The Balaban J connectivity index is 1.99. The maximum Gasteiger partial charge on any atom is 0.0949 e. The summed E-state index contributed by atoms with van der Waals surface area (Å²) in [6.45, 7) is 1.73. The minimum absolute atomic E-state index is 0.0483. The number of nitrogens with zero attached hydrogens (tertiary/aromatic N) is 2. The molecule has 0 amide bonds. The third-order valence-electron chi connectivity index (χ3n) is 2.38. The average Bonchev–Trinajstić information content (AvgIpc) is 2.76. The second-order valence-electron chi connectivity index (χ2n) is 3.33. The molecule has 0 bridgehead atoms. The van der Waals surface area contributed by atoms with Crippen molar-refractivity contribution in [1.82, 2.24) is 9.55 Å². The van der Waals surface area contributed by atoms with Crippen molar-refractivity contribution in [2.75, 3.05) is 6.61 Å². The number of rotatable bonds is 3. The Bertz CT molecular complexity index is 266. The molecular formula is C9H14N2O2. The molecule has 0 unspecified atom stereocenters. The highest BCUT2D eigenvalue weighted by Gasteiger charge is 2.16. The zero-order valence-electron chi connectivity index (χ0n) is 7.52. The van der Waals surface area contributed by atoms with Gasteiger partial charge in [0.2, 0.25) is 0 Å². The van der Waals surface area contributed by atoms with Crippen molar-refractivity contribution in [2.45, 2.75) is 32.1 Å². The molecule has 1 aliphatic heterocycles. The van der Waals surface area contributed by atoms with Crippen LogP contribution in [0.3, 0.4) is 0 Å². The first-order valence-electron chi connectivity index (χ1n) is 4.61. The van der Waals surface area contributed by atoms with E-state index in [-0.39, 0.29) is 6.61 Å². The van der Waals surface area contributed by atoms with Crippen LogP contribution in [0.15, 0.2) is 12.5 Å². The zero-order chi connectivity index (χ0) is 9.10. The van der Waals surface area contributed by atoms with Crippen molar-refractivity contribution in [2.24, 2.45) is 0 Å². The van der Waals surface area contributed by atoms with Gasteiger partial charge in [-0.1, -0.05) is 0 Å². The topological polar surface area (TPSA) is 47.3 Å². The van der Waals surface area contributed by atoms with Crippen LogP contribution < -0.4 is 0 Å².